The number of hydrogen-bond acceptors (Lipinski definition) is 5. The van der Waals surface area contributed by atoms with Crippen LogP contribution in [0.5, 0.6) is 0 Å². The van der Waals surface area contributed by atoms with Crippen LogP contribution in [0.2, 0.25) is 0 Å². The third-order valence-corrected chi connectivity index (χ3v) is 2.73. The number of nitrogens with zero attached hydrogens (tertiary/aromatic N) is 3. The van der Waals surface area contributed by atoms with Crippen LogP contribution in [0.15, 0.2) is 42.7 Å². The Hall–Kier alpha value is -2.63. The van der Waals surface area contributed by atoms with Crippen LogP contribution in [0.3, 0.4) is 0 Å². The summed E-state index contributed by atoms with van der Waals surface area (Å²) in [5.41, 5.74) is 4.56. The summed E-state index contributed by atoms with van der Waals surface area (Å²) >= 11 is 0. The van der Waals surface area contributed by atoms with Gasteiger partial charge in [0.05, 0.1) is 9.85 Å². The predicted molar refractivity (Wildman–Crippen MR) is 69.8 cm³/mol. The van der Waals surface area contributed by atoms with Crippen LogP contribution in [0, 0.1) is 20.2 Å². The molecule has 0 aliphatic carbocycles. The van der Waals surface area contributed by atoms with Crippen LogP contribution in [0.4, 0.5) is 11.4 Å². The number of aromatic nitrogens is 1. The number of rotatable bonds is 4. The molecule has 0 radical (unpaired) electrons. The minimum Gasteiger partial charge on any atom is -1.00 e. The Kier molecular flexibility index (Phi) is 5.45. The molecule has 1 aromatic heterocycles. The average molecular weight is 416 g/mol. The van der Waals surface area contributed by atoms with Gasteiger partial charge in [0.25, 0.3) is 17.3 Å². The van der Waals surface area contributed by atoms with E-state index in [2.05, 4.69) is 0 Å². The van der Waals surface area contributed by atoms with E-state index in [4.69, 9.17) is 5.73 Å². The van der Waals surface area contributed by atoms with Gasteiger partial charge in [-0.05, 0) is 6.07 Å². The lowest BCUT2D eigenvalue weighted by atomic mass is 10.2. The van der Waals surface area contributed by atoms with Gasteiger partial charge in [-0.2, -0.15) is 4.57 Å². The van der Waals surface area contributed by atoms with Crippen molar-refractivity contribution in [3.05, 3.63) is 68.5 Å². The highest BCUT2D eigenvalue weighted by atomic mass is 127. The number of primary amides is 1. The van der Waals surface area contributed by atoms with E-state index in [9.17, 15) is 25.0 Å². The molecule has 0 saturated heterocycles. The van der Waals surface area contributed by atoms with Crippen LogP contribution >= 0.6 is 0 Å². The maximum absolute atomic E-state index is 11.1. The molecule has 0 aliphatic heterocycles. The van der Waals surface area contributed by atoms with Gasteiger partial charge in [0.2, 0.25) is 0 Å². The van der Waals surface area contributed by atoms with E-state index >= 15 is 0 Å². The number of halogens is 1. The third kappa shape index (κ3) is 3.52. The summed E-state index contributed by atoms with van der Waals surface area (Å²) < 4.78 is 1.31. The fourth-order valence-corrected chi connectivity index (χ4v) is 1.76. The van der Waals surface area contributed by atoms with E-state index in [0.717, 1.165) is 12.1 Å². The van der Waals surface area contributed by atoms with Crippen molar-refractivity contribution in [1.29, 1.82) is 0 Å². The van der Waals surface area contributed by atoms with Crippen LogP contribution < -0.4 is 34.3 Å². The van der Waals surface area contributed by atoms with Crippen molar-refractivity contribution in [3.63, 3.8) is 0 Å². The van der Waals surface area contributed by atoms with E-state index in [-0.39, 0.29) is 35.2 Å². The Morgan fingerprint density at radius 3 is 2.36 bits per heavy atom. The zero-order valence-electron chi connectivity index (χ0n) is 10.9. The third-order valence-electron chi connectivity index (χ3n) is 2.73. The SMILES string of the molecule is NC(=O)c1ccc[n+](-c2ccc([N+](=O)[O-])cc2[N+](=O)[O-])c1.[I-]. The summed E-state index contributed by atoms with van der Waals surface area (Å²) in [4.78, 5) is 31.4. The number of carbonyl (C=O) groups is 1. The summed E-state index contributed by atoms with van der Waals surface area (Å²) in [6.45, 7) is 0. The highest BCUT2D eigenvalue weighted by Gasteiger charge is 2.26. The van der Waals surface area contributed by atoms with Gasteiger partial charge in [-0.25, -0.2) is 0 Å². The van der Waals surface area contributed by atoms with Gasteiger partial charge in [-0.15, -0.1) is 0 Å². The molecule has 1 amide bonds. The zero-order valence-corrected chi connectivity index (χ0v) is 13.0. The topological polar surface area (TPSA) is 133 Å². The van der Waals surface area contributed by atoms with Crippen molar-refractivity contribution in [2.45, 2.75) is 0 Å². The van der Waals surface area contributed by atoms with Gasteiger partial charge >= 0.3 is 5.69 Å². The highest BCUT2D eigenvalue weighted by molar-refractivity contribution is 5.92. The number of nitrogens with two attached hydrogens (primary N) is 1. The summed E-state index contributed by atoms with van der Waals surface area (Å²) in [6, 6.07) is 6.19. The number of amides is 1. The maximum atomic E-state index is 11.1. The Bertz CT molecular complexity index is 765. The normalized spacial score (nSPS) is 9.64. The number of benzene rings is 1. The van der Waals surface area contributed by atoms with Crippen molar-refractivity contribution in [3.8, 4) is 5.69 Å². The van der Waals surface area contributed by atoms with Gasteiger partial charge < -0.3 is 29.7 Å². The molecule has 1 heterocycles. The highest BCUT2D eigenvalue weighted by Crippen LogP contribution is 2.24. The Labute approximate surface area is 140 Å². The number of non-ortho nitro benzene ring substituents is 1. The molecule has 0 unspecified atom stereocenters. The molecule has 9 nitrogen and oxygen atoms in total. The van der Waals surface area contributed by atoms with Crippen molar-refractivity contribution in [1.82, 2.24) is 0 Å². The van der Waals surface area contributed by atoms with Gasteiger partial charge in [0, 0.05) is 18.2 Å². The second kappa shape index (κ2) is 6.89. The zero-order chi connectivity index (χ0) is 15.6. The number of pyridine rings is 1. The van der Waals surface area contributed by atoms with Gasteiger partial charge in [-0.1, -0.05) is 0 Å². The monoisotopic (exact) mass is 416 g/mol. The first kappa shape index (κ1) is 17.4. The molecule has 22 heavy (non-hydrogen) atoms. The van der Waals surface area contributed by atoms with Crippen LogP contribution in [-0.4, -0.2) is 15.8 Å². The first-order chi connectivity index (χ1) is 9.90. The molecule has 1 aromatic carbocycles. The van der Waals surface area contributed by atoms with E-state index in [0.29, 0.717) is 0 Å². The van der Waals surface area contributed by atoms with Crippen molar-refractivity contribution in [2.24, 2.45) is 5.73 Å². The summed E-state index contributed by atoms with van der Waals surface area (Å²) in [5, 5.41) is 21.7. The van der Waals surface area contributed by atoms with E-state index in [1.54, 1.807) is 0 Å². The largest absolute Gasteiger partial charge is 1.00 e. The molecule has 10 heteroatoms. The maximum Gasteiger partial charge on any atom is 0.347 e. The van der Waals surface area contributed by atoms with Crippen molar-refractivity contribution < 1.29 is 43.2 Å². The summed E-state index contributed by atoms with van der Waals surface area (Å²) in [5.74, 6) is -0.686. The summed E-state index contributed by atoms with van der Waals surface area (Å²) in [6.07, 6.45) is 2.79. The molecule has 2 rings (SSSR count). The lowest BCUT2D eigenvalue weighted by Gasteiger charge is -1.99. The molecule has 2 aromatic rings. The average Bonchev–Trinajstić information content (AvgIpc) is 2.46. The summed E-state index contributed by atoms with van der Waals surface area (Å²) in [7, 11) is 0. The molecule has 0 saturated carbocycles. The van der Waals surface area contributed by atoms with Crippen molar-refractivity contribution in [2.75, 3.05) is 0 Å². The molecule has 0 aliphatic rings. The van der Waals surface area contributed by atoms with E-state index < -0.39 is 27.1 Å². The number of nitro benzene ring substituents is 2. The van der Waals surface area contributed by atoms with Gasteiger partial charge in [0.15, 0.2) is 12.4 Å². The molecule has 114 valence electrons. The predicted octanol–water partition coefficient (Wildman–Crippen LogP) is -2.12. The molecule has 0 spiro atoms. The Morgan fingerprint density at radius 2 is 1.82 bits per heavy atom. The second-order valence-corrected chi connectivity index (χ2v) is 4.05. The first-order valence-corrected chi connectivity index (χ1v) is 5.64. The van der Waals surface area contributed by atoms with Crippen LogP contribution in [0.25, 0.3) is 5.69 Å². The molecule has 0 fully saturated rings. The van der Waals surface area contributed by atoms with E-state index in [1.807, 2.05) is 0 Å². The Balaban J connectivity index is 0.00000242. The van der Waals surface area contributed by atoms with E-state index in [1.165, 1.54) is 35.2 Å². The molecule has 2 N–H and O–H groups in total. The molecule has 0 atom stereocenters. The van der Waals surface area contributed by atoms with Crippen molar-refractivity contribution >= 4 is 17.3 Å². The second-order valence-electron chi connectivity index (χ2n) is 4.05. The fourth-order valence-electron chi connectivity index (χ4n) is 1.76. The van der Waals surface area contributed by atoms with Gasteiger partial charge in [-0.3, -0.25) is 25.0 Å². The first-order valence-electron chi connectivity index (χ1n) is 5.64. The lowest BCUT2D eigenvalue weighted by Crippen LogP contribution is -3.00. The number of nitro groups is 2. The number of carbonyl (C=O) groups excluding carboxylic acids is 1. The molecular weight excluding hydrogens is 407 g/mol. The van der Waals surface area contributed by atoms with Crippen LogP contribution in [-0.2, 0) is 0 Å². The smallest absolute Gasteiger partial charge is 0.347 e. The van der Waals surface area contributed by atoms with Gasteiger partial charge in [0.1, 0.15) is 11.6 Å². The standard InChI is InChI=1S/C12H8N4O5.HI/c13-12(17)8-2-1-5-14(7-8)10-4-3-9(15(18)19)6-11(10)16(20)21;/h1-7H,(H-,13,17);1H. The lowest BCUT2D eigenvalue weighted by molar-refractivity contribution is -0.601. The minimum absolute atomic E-state index is 0. The fraction of sp³-hybridized carbons (Fsp3) is 0. The van der Waals surface area contributed by atoms with Crippen LogP contribution in [0.1, 0.15) is 10.4 Å². The minimum atomic E-state index is -0.730. The Morgan fingerprint density at radius 1 is 1.14 bits per heavy atom. The quantitative estimate of drug-likeness (QED) is 0.264. The molecular formula is C12H9IN4O5. The molecule has 0 bridgehead atoms. The number of hydrogen-bond donors (Lipinski definition) is 1.